The van der Waals surface area contributed by atoms with Gasteiger partial charge in [-0.3, -0.25) is 0 Å². The quantitative estimate of drug-likeness (QED) is 0.181. The first-order valence-corrected chi connectivity index (χ1v) is 11.5. The number of fused-ring (bicyclic) bond motifs is 1. The lowest BCUT2D eigenvalue weighted by Crippen LogP contribution is -2.00. The Hall–Kier alpha value is -4.11. The Labute approximate surface area is 207 Å². The third-order valence-corrected chi connectivity index (χ3v) is 6.07. The first-order chi connectivity index (χ1) is 17.4. The van der Waals surface area contributed by atoms with Crippen molar-refractivity contribution in [1.82, 2.24) is 0 Å². The minimum Gasteiger partial charge on any atom is -0.489 e. The van der Waals surface area contributed by atoms with Gasteiger partial charge in [-0.15, -0.1) is 0 Å². The van der Waals surface area contributed by atoms with E-state index >= 15 is 4.39 Å². The van der Waals surface area contributed by atoms with Gasteiger partial charge in [-0.2, -0.15) is 5.26 Å². The first kappa shape index (κ1) is 25.0. The van der Waals surface area contributed by atoms with Crippen LogP contribution in [0.25, 0.3) is 10.8 Å². The molecule has 4 aromatic carbocycles. The van der Waals surface area contributed by atoms with Gasteiger partial charge in [-0.25, -0.2) is 17.6 Å². The van der Waals surface area contributed by atoms with Crippen molar-refractivity contribution >= 4 is 10.8 Å². The van der Waals surface area contributed by atoms with E-state index in [4.69, 9.17) is 10.00 Å². The summed E-state index contributed by atoms with van der Waals surface area (Å²) in [5.74, 6) is -2.11. The van der Waals surface area contributed by atoms with E-state index in [0.29, 0.717) is 47.3 Å². The van der Waals surface area contributed by atoms with Gasteiger partial charge in [0.05, 0.1) is 0 Å². The highest BCUT2D eigenvalue weighted by molar-refractivity contribution is 5.84. The van der Waals surface area contributed by atoms with Crippen LogP contribution in [0, 0.1) is 34.6 Å². The van der Waals surface area contributed by atoms with Crippen molar-refractivity contribution in [3.63, 3.8) is 0 Å². The van der Waals surface area contributed by atoms with Crippen LogP contribution < -0.4 is 4.74 Å². The van der Waals surface area contributed by atoms with Crippen LogP contribution in [0.5, 0.6) is 5.75 Å². The number of nitrogens with zero attached hydrogens (tertiary/aromatic N) is 1. The van der Waals surface area contributed by atoms with Gasteiger partial charge in [0.15, 0.2) is 0 Å². The Morgan fingerprint density at radius 3 is 2.14 bits per heavy atom. The molecule has 182 valence electrons. The third-order valence-electron chi connectivity index (χ3n) is 6.07. The largest absolute Gasteiger partial charge is 0.489 e. The third kappa shape index (κ3) is 5.58. The number of benzene rings is 4. The summed E-state index contributed by atoms with van der Waals surface area (Å²) in [7, 11) is 0. The molecule has 6 heteroatoms. The van der Waals surface area contributed by atoms with E-state index in [1.165, 1.54) is 12.1 Å². The lowest BCUT2D eigenvalue weighted by Gasteiger charge is -2.10. The van der Waals surface area contributed by atoms with Crippen LogP contribution in [-0.4, -0.2) is 6.61 Å². The summed E-state index contributed by atoms with van der Waals surface area (Å²) in [6.45, 7) is 3.87. The van der Waals surface area contributed by atoms with Gasteiger partial charge in [0.2, 0.25) is 0 Å². The maximum atomic E-state index is 15.2. The molecule has 0 saturated carbocycles. The van der Waals surface area contributed by atoms with Crippen molar-refractivity contribution in [1.29, 1.82) is 5.26 Å². The SMILES string of the molecule is C=CCOc1ccc(CCc2ccc3c(F)c(CCc4cc(F)c(C#N)c(F)c4)ccc3c2)c(F)c1. The first-order valence-electron chi connectivity index (χ1n) is 11.5. The van der Waals surface area contributed by atoms with Crippen molar-refractivity contribution in [2.75, 3.05) is 6.61 Å². The highest BCUT2D eigenvalue weighted by atomic mass is 19.1. The number of nitriles is 1. The zero-order valence-electron chi connectivity index (χ0n) is 19.5. The highest BCUT2D eigenvalue weighted by Gasteiger charge is 2.13. The van der Waals surface area contributed by atoms with Crippen molar-refractivity contribution < 1.29 is 22.3 Å². The average Bonchev–Trinajstić information content (AvgIpc) is 2.86. The van der Waals surface area contributed by atoms with Crippen LogP contribution in [0.15, 0.2) is 73.3 Å². The van der Waals surface area contributed by atoms with E-state index < -0.39 is 17.2 Å². The fourth-order valence-electron chi connectivity index (χ4n) is 4.15. The maximum Gasteiger partial charge on any atom is 0.144 e. The highest BCUT2D eigenvalue weighted by Crippen LogP contribution is 2.25. The van der Waals surface area contributed by atoms with Crippen LogP contribution in [0.4, 0.5) is 17.6 Å². The van der Waals surface area contributed by atoms with E-state index in [1.807, 2.05) is 18.2 Å². The molecular weight excluding hydrogens is 466 g/mol. The molecule has 0 aliphatic carbocycles. The topological polar surface area (TPSA) is 33.0 Å². The number of aryl methyl sites for hydroxylation is 4. The Kier molecular flexibility index (Phi) is 7.70. The van der Waals surface area contributed by atoms with Gasteiger partial charge in [-0.1, -0.05) is 49.1 Å². The van der Waals surface area contributed by atoms with Gasteiger partial charge in [0.1, 0.15) is 47.3 Å². The summed E-state index contributed by atoms with van der Waals surface area (Å²) in [5.41, 5.74) is 1.68. The van der Waals surface area contributed by atoms with E-state index in [2.05, 4.69) is 6.58 Å². The molecule has 0 bridgehead atoms. The van der Waals surface area contributed by atoms with Gasteiger partial charge in [-0.05, 0) is 71.5 Å². The maximum absolute atomic E-state index is 15.2. The van der Waals surface area contributed by atoms with E-state index in [-0.39, 0.29) is 24.5 Å². The van der Waals surface area contributed by atoms with Crippen molar-refractivity contribution in [2.24, 2.45) is 0 Å². The number of rotatable bonds is 9. The Morgan fingerprint density at radius 2 is 1.44 bits per heavy atom. The lowest BCUT2D eigenvalue weighted by atomic mass is 9.97. The normalized spacial score (nSPS) is 10.9. The monoisotopic (exact) mass is 489 g/mol. The summed E-state index contributed by atoms with van der Waals surface area (Å²) >= 11 is 0. The molecule has 0 saturated heterocycles. The zero-order chi connectivity index (χ0) is 25.7. The van der Waals surface area contributed by atoms with Crippen molar-refractivity contribution in [2.45, 2.75) is 25.7 Å². The fraction of sp³-hybridized carbons (Fsp3) is 0.167. The summed E-state index contributed by atoms with van der Waals surface area (Å²) in [6.07, 6.45) is 3.13. The van der Waals surface area contributed by atoms with Crippen molar-refractivity contribution in [3.8, 4) is 11.8 Å². The second-order valence-corrected chi connectivity index (χ2v) is 8.49. The van der Waals surface area contributed by atoms with E-state index in [1.54, 1.807) is 30.3 Å². The molecule has 36 heavy (non-hydrogen) atoms. The molecular formula is C30H23F4NO. The lowest BCUT2D eigenvalue weighted by molar-refractivity contribution is 0.360. The Morgan fingerprint density at radius 1 is 0.750 bits per heavy atom. The van der Waals surface area contributed by atoms with E-state index in [0.717, 1.165) is 23.1 Å². The molecule has 4 rings (SSSR count). The van der Waals surface area contributed by atoms with Crippen LogP contribution >= 0.6 is 0 Å². The second kappa shape index (κ2) is 11.1. The number of halogens is 4. The summed E-state index contributed by atoms with van der Waals surface area (Å²) in [6, 6.07) is 17.4. The average molecular weight is 490 g/mol. The molecule has 0 aromatic heterocycles. The molecule has 0 heterocycles. The number of ether oxygens (including phenoxy) is 1. The molecule has 0 fully saturated rings. The molecule has 0 atom stereocenters. The molecule has 2 nitrogen and oxygen atoms in total. The van der Waals surface area contributed by atoms with Crippen LogP contribution in [-0.2, 0) is 25.7 Å². The van der Waals surface area contributed by atoms with Gasteiger partial charge < -0.3 is 4.74 Å². The summed E-state index contributed by atoms with van der Waals surface area (Å²) in [4.78, 5) is 0. The smallest absolute Gasteiger partial charge is 0.144 e. The van der Waals surface area contributed by atoms with Gasteiger partial charge >= 0.3 is 0 Å². The molecule has 0 aliphatic heterocycles. The molecule has 4 aromatic rings. The predicted octanol–water partition coefficient (Wildman–Crippen LogP) is 7.40. The Bertz CT molecular complexity index is 1450. The summed E-state index contributed by atoms with van der Waals surface area (Å²) < 4.78 is 62.6. The number of hydrogen-bond acceptors (Lipinski definition) is 2. The molecule has 0 radical (unpaired) electrons. The van der Waals surface area contributed by atoms with Crippen LogP contribution in [0.1, 0.15) is 27.8 Å². The summed E-state index contributed by atoms with van der Waals surface area (Å²) in [5, 5.41) is 9.96. The molecule has 0 aliphatic rings. The minimum atomic E-state index is -0.920. The molecule has 0 N–H and O–H groups in total. The van der Waals surface area contributed by atoms with Crippen LogP contribution in [0.3, 0.4) is 0 Å². The van der Waals surface area contributed by atoms with Crippen molar-refractivity contribution in [3.05, 3.63) is 124 Å². The number of hydrogen-bond donors (Lipinski definition) is 0. The molecule has 0 spiro atoms. The second-order valence-electron chi connectivity index (χ2n) is 8.49. The molecule has 0 amide bonds. The molecule has 0 unspecified atom stereocenters. The standard InChI is InChI=1S/C30H23F4NO/c1-2-13-36-24-11-10-21(27(31)17-24)6-3-19-5-12-25-23(14-19)9-8-22(30(25)34)7-4-20-15-28(32)26(18-35)29(33)16-20/h2,5,8-12,14-17H,1,3-4,6-7,13H2. The predicted molar refractivity (Wildman–Crippen MR) is 132 cm³/mol. The van der Waals surface area contributed by atoms with Gasteiger partial charge in [0, 0.05) is 11.5 Å². The zero-order valence-corrected chi connectivity index (χ0v) is 19.5. The fourth-order valence-corrected chi connectivity index (χ4v) is 4.15. The van der Waals surface area contributed by atoms with E-state index in [9.17, 15) is 13.2 Å². The van der Waals surface area contributed by atoms with Crippen LogP contribution in [0.2, 0.25) is 0 Å². The minimum absolute atomic E-state index is 0.225. The Balaban J connectivity index is 1.45. The van der Waals surface area contributed by atoms with Gasteiger partial charge in [0.25, 0.3) is 0 Å².